The van der Waals surface area contributed by atoms with Crippen molar-refractivity contribution in [3.05, 3.63) is 46.7 Å². The smallest absolute Gasteiger partial charge is 0.129 e. The summed E-state index contributed by atoms with van der Waals surface area (Å²) in [6.07, 6.45) is 13.6. The van der Waals surface area contributed by atoms with Crippen LogP contribution in [0.1, 0.15) is 42.0 Å². The Hall–Kier alpha value is -2.01. The second kappa shape index (κ2) is 8.56. The minimum atomic E-state index is 0.495. The summed E-state index contributed by atoms with van der Waals surface area (Å²) in [5.74, 6) is 2.77. The molecule has 2 aliphatic heterocycles. The van der Waals surface area contributed by atoms with Crippen molar-refractivity contribution in [1.29, 1.82) is 0 Å². The summed E-state index contributed by atoms with van der Waals surface area (Å²) >= 11 is 0. The molecule has 0 saturated carbocycles. The van der Waals surface area contributed by atoms with Gasteiger partial charge in [0.1, 0.15) is 5.82 Å². The molecular formula is C23H32N4O. The molecule has 1 saturated heterocycles. The lowest BCUT2D eigenvalue weighted by Crippen LogP contribution is -2.39. The highest BCUT2D eigenvalue weighted by molar-refractivity contribution is 5.66. The summed E-state index contributed by atoms with van der Waals surface area (Å²) in [5.41, 5.74) is 4.80. The number of hydrogen-bond donors (Lipinski definition) is 0. The molecule has 0 bridgehead atoms. The number of aryl methyl sites for hydroxylation is 1. The molecule has 0 amide bonds. The van der Waals surface area contributed by atoms with Gasteiger partial charge in [-0.1, -0.05) is 12.2 Å². The number of likely N-dealkylation sites (tertiary alicyclic amines) is 1. The van der Waals surface area contributed by atoms with Gasteiger partial charge in [-0.05, 0) is 50.7 Å². The van der Waals surface area contributed by atoms with E-state index in [-0.39, 0.29) is 0 Å². The fourth-order valence-electron chi connectivity index (χ4n) is 4.75. The highest BCUT2D eigenvalue weighted by Gasteiger charge is 2.31. The zero-order valence-electron chi connectivity index (χ0n) is 17.4. The first-order valence-corrected chi connectivity index (χ1v) is 10.6. The van der Waals surface area contributed by atoms with E-state index in [1.54, 1.807) is 7.11 Å². The summed E-state index contributed by atoms with van der Waals surface area (Å²) in [7, 11) is 1.73. The Morgan fingerprint density at radius 3 is 2.75 bits per heavy atom. The van der Waals surface area contributed by atoms with E-state index in [0.29, 0.717) is 24.4 Å². The van der Waals surface area contributed by atoms with Crippen molar-refractivity contribution in [2.45, 2.75) is 46.1 Å². The first kappa shape index (κ1) is 19.3. The summed E-state index contributed by atoms with van der Waals surface area (Å²) in [5, 5.41) is 0. The Bertz CT molecular complexity index is 790. The van der Waals surface area contributed by atoms with Gasteiger partial charge in [-0.3, -0.25) is 4.99 Å². The van der Waals surface area contributed by atoms with E-state index < -0.39 is 0 Å². The molecule has 1 unspecified atom stereocenters. The van der Waals surface area contributed by atoms with Gasteiger partial charge in [0.2, 0.25) is 0 Å². The zero-order chi connectivity index (χ0) is 19.5. The quantitative estimate of drug-likeness (QED) is 0.782. The Labute approximate surface area is 168 Å². The first-order chi connectivity index (χ1) is 13.7. The molecule has 0 radical (unpaired) electrons. The van der Waals surface area contributed by atoms with Crippen LogP contribution in [0.4, 0.5) is 0 Å². The Kier molecular flexibility index (Phi) is 5.90. The molecule has 5 nitrogen and oxygen atoms in total. The number of hydrogen-bond acceptors (Lipinski definition) is 5. The molecule has 150 valence electrons. The maximum Gasteiger partial charge on any atom is 0.129 e. The lowest BCUT2D eigenvalue weighted by atomic mass is 9.81. The van der Waals surface area contributed by atoms with Crippen molar-refractivity contribution >= 4 is 6.21 Å². The van der Waals surface area contributed by atoms with Gasteiger partial charge in [0, 0.05) is 62.6 Å². The van der Waals surface area contributed by atoms with E-state index in [1.165, 1.54) is 25.0 Å². The predicted molar refractivity (Wildman–Crippen MR) is 112 cm³/mol. The van der Waals surface area contributed by atoms with Crippen LogP contribution in [0.15, 0.2) is 28.9 Å². The normalized spacial score (nSPS) is 25.0. The fourth-order valence-corrected chi connectivity index (χ4v) is 4.75. The number of aromatic nitrogens is 2. The van der Waals surface area contributed by atoms with Crippen molar-refractivity contribution in [2.24, 2.45) is 22.7 Å². The van der Waals surface area contributed by atoms with Crippen LogP contribution in [0.25, 0.3) is 0 Å². The van der Waals surface area contributed by atoms with Crippen LogP contribution in [0.5, 0.6) is 0 Å². The minimum absolute atomic E-state index is 0.495. The molecule has 0 aromatic carbocycles. The van der Waals surface area contributed by atoms with E-state index in [1.807, 2.05) is 0 Å². The number of fused-ring (bicyclic) bond motifs is 1. The van der Waals surface area contributed by atoms with E-state index >= 15 is 0 Å². The molecule has 3 heterocycles. The van der Waals surface area contributed by atoms with Crippen LogP contribution in [0.3, 0.4) is 0 Å². The van der Waals surface area contributed by atoms with E-state index in [2.05, 4.69) is 48.2 Å². The summed E-state index contributed by atoms with van der Waals surface area (Å²) in [4.78, 5) is 16.7. The Morgan fingerprint density at radius 1 is 1.14 bits per heavy atom. The zero-order valence-corrected chi connectivity index (χ0v) is 17.4. The monoisotopic (exact) mass is 380 g/mol. The average molecular weight is 381 g/mol. The number of aliphatic imine (C=N–C) groups is 1. The lowest BCUT2D eigenvalue weighted by Gasteiger charge is -2.41. The highest BCUT2D eigenvalue weighted by atomic mass is 16.5. The van der Waals surface area contributed by atoms with Crippen LogP contribution >= 0.6 is 0 Å². The molecule has 1 aliphatic carbocycles. The lowest BCUT2D eigenvalue weighted by molar-refractivity contribution is 0.179. The van der Waals surface area contributed by atoms with Gasteiger partial charge in [-0.15, -0.1) is 0 Å². The van der Waals surface area contributed by atoms with Gasteiger partial charge >= 0.3 is 0 Å². The largest absolute Gasteiger partial charge is 0.378 e. The Balaban J connectivity index is 1.38. The maximum atomic E-state index is 5.32. The molecule has 0 spiro atoms. The van der Waals surface area contributed by atoms with Crippen LogP contribution < -0.4 is 0 Å². The Morgan fingerprint density at radius 2 is 1.96 bits per heavy atom. The number of piperidine rings is 1. The summed E-state index contributed by atoms with van der Waals surface area (Å²) in [6.45, 7) is 7.97. The summed E-state index contributed by atoms with van der Waals surface area (Å²) < 4.78 is 5.32. The number of ether oxygens (including phenoxy) is 1. The third kappa shape index (κ3) is 4.04. The molecule has 1 aromatic heterocycles. The molecule has 0 N–H and O–H groups in total. The van der Waals surface area contributed by atoms with Crippen molar-refractivity contribution < 1.29 is 4.74 Å². The van der Waals surface area contributed by atoms with Gasteiger partial charge in [0.05, 0.1) is 12.3 Å². The molecular weight excluding hydrogens is 348 g/mol. The van der Waals surface area contributed by atoms with Crippen molar-refractivity contribution in [3.8, 4) is 0 Å². The van der Waals surface area contributed by atoms with Gasteiger partial charge in [-0.2, -0.15) is 0 Å². The topological polar surface area (TPSA) is 50.6 Å². The van der Waals surface area contributed by atoms with Crippen LogP contribution in [0.2, 0.25) is 0 Å². The standard InChI is InChI=1S/C23H32N4O/c1-16-17(2)25-23(26-21(16)15-28-3)13-18-8-11-27(12-9-18)22-6-4-5-19-14-24-10-7-20(19)22/h4-6,14,18-20H,7-13,15H2,1-3H3/t19-,20?/m0/s1. The average Bonchev–Trinajstić information content (AvgIpc) is 2.72. The number of allylic oxidation sites excluding steroid dienone is 4. The van der Waals surface area contributed by atoms with Gasteiger partial charge in [0.25, 0.3) is 0 Å². The van der Waals surface area contributed by atoms with Gasteiger partial charge in [0.15, 0.2) is 0 Å². The number of methoxy groups -OCH3 is 1. The van der Waals surface area contributed by atoms with Crippen molar-refractivity contribution in [3.63, 3.8) is 0 Å². The molecule has 1 aromatic rings. The van der Waals surface area contributed by atoms with E-state index in [4.69, 9.17) is 14.7 Å². The van der Waals surface area contributed by atoms with E-state index in [9.17, 15) is 0 Å². The molecule has 2 atom stereocenters. The number of rotatable bonds is 5. The molecule has 4 rings (SSSR count). The first-order valence-electron chi connectivity index (χ1n) is 10.6. The molecule has 1 fully saturated rings. The van der Waals surface area contributed by atoms with Gasteiger partial charge in [-0.25, -0.2) is 9.97 Å². The second-order valence-corrected chi connectivity index (χ2v) is 8.37. The molecule has 28 heavy (non-hydrogen) atoms. The fraction of sp³-hybridized carbons (Fsp3) is 0.609. The third-order valence-electron chi connectivity index (χ3n) is 6.56. The minimum Gasteiger partial charge on any atom is -0.378 e. The number of nitrogens with zero attached hydrogens (tertiary/aromatic N) is 4. The van der Waals surface area contributed by atoms with Crippen LogP contribution in [0, 0.1) is 31.6 Å². The van der Waals surface area contributed by atoms with Crippen molar-refractivity contribution in [1.82, 2.24) is 14.9 Å². The highest BCUT2D eigenvalue weighted by Crippen LogP contribution is 2.35. The third-order valence-corrected chi connectivity index (χ3v) is 6.56. The van der Waals surface area contributed by atoms with Crippen molar-refractivity contribution in [2.75, 3.05) is 26.7 Å². The molecule has 3 aliphatic rings. The van der Waals surface area contributed by atoms with Crippen LogP contribution in [-0.2, 0) is 17.8 Å². The summed E-state index contributed by atoms with van der Waals surface area (Å²) in [6, 6.07) is 0. The predicted octanol–water partition coefficient (Wildman–Crippen LogP) is 3.65. The molecule has 5 heteroatoms. The van der Waals surface area contributed by atoms with E-state index in [0.717, 1.165) is 48.8 Å². The second-order valence-electron chi connectivity index (χ2n) is 8.37. The van der Waals surface area contributed by atoms with Gasteiger partial charge < -0.3 is 9.64 Å². The maximum absolute atomic E-state index is 5.32. The SMILES string of the molecule is COCc1nc(CC2CCN(C3=CC=C[C@H]4C=NCCC34)CC2)nc(C)c1C. The van der Waals surface area contributed by atoms with Crippen LogP contribution in [-0.4, -0.2) is 47.8 Å².